The fourth-order valence-electron chi connectivity index (χ4n) is 2.23. The zero-order valence-electron chi connectivity index (χ0n) is 11.5. The number of nitrogens with zero attached hydrogens (tertiary/aromatic N) is 5. The van der Waals surface area contributed by atoms with Crippen LogP contribution in [0.4, 0.5) is 18.3 Å². The average Bonchev–Trinajstić information content (AvgIpc) is 2.80. The molecule has 0 aliphatic carbocycles. The Morgan fingerprint density at radius 1 is 1.36 bits per heavy atom. The van der Waals surface area contributed by atoms with Crippen LogP contribution < -0.4 is 10.5 Å². The van der Waals surface area contributed by atoms with Crippen molar-refractivity contribution in [1.29, 1.82) is 0 Å². The van der Waals surface area contributed by atoms with Crippen LogP contribution in [0.3, 0.4) is 0 Å². The Bertz CT molecular complexity index is 735. The Labute approximate surface area is 127 Å². The first-order chi connectivity index (χ1) is 10.3. The number of alkyl halides is 3. The second-order valence-corrected chi connectivity index (χ2v) is 5.86. The van der Waals surface area contributed by atoms with Crippen LogP contribution in [0.1, 0.15) is 11.5 Å². The smallest absolute Gasteiger partial charge is 0.346 e. The summed E-state index contributed by atoms with van der Waals surface area (Å²) in [6, 6.07) is 1.61. The van der Waals surface area contributed by atoms with Gasteiger partial charge in [-0.1, -0.05) is 0 Å². The summed E-state index contributed by atoms with van der Waals surface area (Å²) < 4.78 is 42.8. The van der Waals surface area contributed by atoms with Crippen molar-refractivity contribution in [2.24, 2.45) is 5.92 Å². The van der Waals surface area contributed by atoms with Gasteiger partial charge >= 0.3 is 6.18 Å². The van der Waals surface area contributed by atoms with E-state index in [4.69, 9.17) is 0 Å². The molecule has 0 radical (unpaired) electrons. The lowest BCUT2D eigenvalue weighted by Gasteiger charge is -2.38. The van der Waals surface area contributed by atoms with Gasteiger partial charge in [-0.05, 0) is 13.0 Å². The molecule has 1 fully saturated rings. The highest BCUT2D eigenvalue weighted by molar-refractivity contribution is 7.09. The Hall–Kier alpha value is -1.97. The number of halogens is 3. The summed E-state index contributed by atoms with van der Waals surface area (Å²) in [5, 5.41) is 4.19. The van der Waals surface area contributed by atoms with Crippen molar-refractivity contribution in [3.63, 3.8) is 0 Å². The SMILES string of the molecule is Cc1nsc(N2CC(Cn3nc(C(F)(F)F)ccc3=O)C2)n1. The van der Waals surface area contributed by atoms with E-state index in [0.717, 1.165) is 15.9 Å². The first-order valence-electron chi connectivity index (χ1n) is 6.53. The Balaban J connectivity index is 1.67. The van der Waals surface area contributed by atoms with Gasteiger partial charge in [0.2, 0.25) is 5.13 Å². The summed E-state index contributed by atoms with van der Waals surface area (Å²) in [5.41, 5.74) is -1.58. The van der Waals surface area contributed by atoms with Crippen LogP contribution in [0, 0.1) is 12.8 Å². The number of aryl methyl sites for hydroxylation is 1. The normalized spacial score (nSPS) is 15.9. The maximum atomic E-state index is 12.6. The molecule has 0 bridgehead atoms. The van der Waals surface area contributed by atoms with Gasteiger partial charge in [-0.25, -0.2) is 9.67 Å². The molecule has 0 spiro atoms. The van der Waals surface area contributed by atoms with Crippen LogP contribution in [0.5, 0.6) is 0 Å². The number of hydrogen-bond acceptors (Lipinski definition) is 6. The third-order valence-electron chi connectivity index (χ3n) is 3.33. The third kappa shape index (κ3) is 2.96. The molecule has 118 valence electrons. The first kappa shape index (κ1) is 14.9. The van der Waals surface area contributed by atoms with E-state index in [2.05, 4.69) is 14.5 Å². The van der Waals surface area contributed by atoms with E-state index >= 15 is 0 Å². The maximum Gasteiger partial charge on any atom is 0.435 e. The van der Waals surface area contributed by atoms with E-state index in [1.807, 2.05) is 4.90 Å². The lowest BCUT2D eigenvalue weighted by atomic mass is 10.0. The lowest BCUT2D eigenvalue weighted by molar-refractivity contribution is -0.142. The molecule has 0 aromatic carbocycles. The summed E-state index contributed by atoms with van der Waals surface area (Å²) in [6.07, 6.45) is -4.55. The Morgan fingerprint density at radius 3 is 2.68 bits per heavy atom. The highest BCUT2D eigenvalue weighted by atomic mass is 32.1. The lowest BCUT2D eigenvalue weighted by Crippen LogP contribution is -2.49. The molecule has 0 saturated carbocycles. The van der Waals surface area contributed by atoms with E-state index in [1.165, 1.54) is 11.5 Å². The number of aromatic nitrogens is 4. The number of rotatable bonds is 3. The molecule has 0 amide bonds. The largest absolute Gasteiger partial charge is 0.435 e. The summed E-state index contributed by atoms with van der Waals surface area (Å²) in [4.78, 5) is 17.8. The maximum absolute atomic E-state index is 12.6. The Morgan fingerprint density at radius 2 is 2.09 bits per heavy atom. The molecular weight excluding hydrogens is 319 g/mol. The summed E-state index contributed by atoms with van der Waals surface area (Å²) in [5.74, 6) is 0.761. The molecule has 6 nitrogen and oxygen atoms in total. The van der Waals surface area contributed by atoms with E-state index in [0.29, 0.717) is 25.0 Å². The summed E-state index contributed by atoms with van der Waals surface area (Å²) in [7, 11) is 0. The molecule has 0 N–H and O–H groups in total. The minimum absolute atomic E-state index is 0.0675. The van der Waals surface area contributed by atoms with Gasteiger partial charge < -0.3 is 4.90 Å². The quantitative estimate of drug-likeness (QED) is 0.854. The van der Waals surface area contributed by atoms with E-state index in [9.17, 15) is 18.0 Å². The van der Waals surface area contributed by atoms with Gasteiger partial charge in [-0.15, -0.1) is 0 Å². The molecular formula is C12H12F3N5OS. The van der Waals surface area contributed by atoms with Crippen LogP contribution in [-0.4, -0.2) is 32.2 Å². The molecule has 1 aliphatic rings. The first-order valence-corrected chi connectivity index (χ1v) is 7.31. The van der Waals surface area contributed by atoms with Crippen LogP contribution in [-0.2, 0) is 12.7 Å². The third-order valence-corrected chi connectivity index (χ3v) is 4.20. The van der Waals surface area contributed by atoms with Gasteiger partial charge in [-0.2, -0.15) is 22.6 Å². The van der Waals surface area contributed by atoms with Gasteiger partial charge in [0.15, 0.2) is 5.69 Å². The standard InChI is InChI=1S/C12H12F3N5OS/c1-7-16-11(22-18-7)19-4-8(5-19)6-20-10(21)3-2-9(17-20)12(13,14)15/h2-3,8H,4-6H2,1H3. The topological polar surface area (TPSA) is 63.9 Å². The molecule has 0 atom stereocenters. The average molecular weight is 331 g/mol. The summed E-state index contributed by atoms with van der Waals surface area (Å²) in [6.45, 7) is 3.21. The van der Waals surface area contributed by atoms with Crippen molar-refractivity contribution in [2.75, 3.05) is 18.0 Å². The van der Waals surface area contributed by atoms with Gasteiger partial charge in [-0.3, -0.25) is 4.79 Å². The fraction of sp³-hybridized carbons (Fsp3) is 0.500. The molecule has 22 heavy (non-hydrogen) atoms. The van der Waals surface area contributed by atoms with Gasteiger partial charge in [0.25, 0.3) is 5.56 Å². The van der Waals surface area contributed by atoms with Gasteiger partial charge in [0, 0.05) is 36.6 Å². The van der Waals surface area contributed by atoms with E-state index in [-0.39, 0.29) is 12.5 Å². The van der Waals surface area contributed by atoms with Gasteiger partial charge in [0.05, 0.1) is 6.54 Å². The second kappa shape index (κ2) is 5.34. The van der Waals surface area contributed by atoms with Crippen molar-refractivity contribution < 1.29 is 13.2 Å². The predicted molar refractivity (Wildman–Crippen MR) is 73.8 cm³/mol. The van der Waals surface area contributed by atoms with Crippen LogP contribution in [0.2, 0.25) is 0 Å². The van der Waals surface area contributed by atoms with Crippen molar-refractivity contribution >= 4 is 16.7 Å². The molecule has 2 aromatic rings. The molecule has 1 aliphatic heterocycles. The number of hydrogen-bond donors (Lipinski definition) is 0. The minimum Gasteiger partial charge on any atom is -0.346 e. The molecule has 10 heteroatoms. The van der Waals surface area contributed by atoms with Crippen molar-refractivity contribution in [3.05, 3.63) is 34.0 Å². The minimum atomic E-state index is -4.55. The van der Waals surface area contributed by atoms with Crippen molar-refractivity contribution in [1.82, 2.24) is 19.1 Å². The molecule has 3 rings (SSSR count). The van der Waals surface area contributed by atoms with Crippen molar-refractivity contribution in [2.45, 2.75) is 19.6 Å². The zero-order chi connectivity index (χ0) is 15.9. The van der Waals surface area contributed by atoms with Crippen LogP contribution in [0.25, 0.3) is 0 Å². The van der Waals surface area contributed by atoms with E-state index < -0.39 is 17.4 Å². The summed E-state index contributed by atoms with van der Waals surface area (Å²) >= 11 is 1.28. The molecule has 3 heterocycles. The molecule has 1 saturated heterocycles. The van der Waals surface area contributed by atoms with Crippen LogP contribution in [0.15, 0.2) is 16.9 Å². The molecule has 2 aromatic heterocycles. The van der Waals surface area contributed by atoms with E-state index in [1.54, 1.807) is 6.92 Å². The molecule has 0 unspecified atom stereocenters. The highest BCUT2D eigenvalue weighted by Gasteiger charge is 2.34. The van der Waals surface area contributed by atoms with Crippen LogP contribution >= 0.6 is 11.5 Å². The monoisotopic (exact) mass is 331 g/mol. The predicted octanol–water partition coefficient (Wildman–Crippen LogP) is 1.56. The second-order valence-electron chi connectivity index (χ2n) is 5.13. The highest BCUT2D eigenvalue weighted by Crippen LogP contribution is 2.28. The van der Waals surface area contributed by atoms with Gasteiger partial charge in [0.1, 0.15) is 5.82 Å². The Kier molecular flexibility index (Phi) is 3.63. The number of anilines is 1. The zero-order valence-corrected chi connectivity index (χ0v) is 12.4. The fourth-order valence-corrected chi connectivity index (χ4v) is 2.92. The van der Waals surface area contributed by atoms with Crippen molar-refractivity contribution in [3.8, 4) is 0 Å².